The smallest absolute Gasteiger partial charge is 0.416 e. The van der Waals surface area contributed by atoms with E-state index in [-0.39, 0.29) is 32.2 Å². The summed E-state index contributed by atoms with van der Waals surface area (Å²) in [4.78, 5) is 48.3. The molecule has 1 aromatic heterocycles. The maximum Gasteiger partial charge on any atom is 0.416 e. The quantitative estimate of drug-likeness (QED) is 0.185. The van der Waals surface area contributed by atoms with E-state index >= 15 is 0 Å². The Labute approximate surface area is 291 Å². The van der Waals surface area contributed by atoms with Crippen LogP contribution in [0.15, 0.2) is 42.5 Å². The fourth-order valence-corrected chi connectivity index (χ4v) is 5.29. The molecule has 2 heterocycles. The summed E-state index contributed by atoms with van der Waals surface area (Å²) in [7, 11) is 0. The highest BCUT2D eigenvalue weighted by Crippen LogP contribution is 2.28. The third-order valence-electron chi connectivity index (χ3n) is 7.31. The topological polar surface area (TPSA) is 111 Å². The molecule has 3 atom stereocenters. The van der Waals surface area contributed by atoms with E-state index in [0.717, 1.165) is 16.0 Å². The van der Waals surface area contributed by atoms with E-state index in [0.29, 0.717) is 24.5 Å². The Morgan fingerprint density at radius 2 is 1.49 bits per heavy atom. The average Bonchev–Trinajstić information content (AvgIpc) is 3.33. The lowest BCUT2D eigenvalue weighted by Gasteiger charge is -2.29. The second-order valence-electron chi connectivity index (χ2n) is 15.6. The number of hydrogen-bond acceptors (Lipinski definition) is 8. The molecule has 1 aromatic carbocycles. The molecule has 3 rings (SSSR count). The van der Waals surface area contributed by atoms with Gasteiger partial charge in [-0.05, 0) is 106 Å². The minimum atomic E-state index is -1.59. The number of amides is 3. The van der Waals surface area contributed by atoms with E-state index in [4.69, 9.17) is 23.9 Å². The van der Waals surface area contributed by atoms with Gasteiger partial charge < -0.3 is 23.8 Å². The minimum Gasteiger partial charge on any atom is -0.444 e. The molecular weight excluding hydrogens is 631 g/mol. The number of pyridine rings is 1. The van der Waals surface area contributed by atoms with Crippen LogP contribution in [0.3, 0.4) is 0 Å². The summed E-state index contributed by atoms with van der Waals surface area (Å²) in [6, 6.07) is 13.4. The van der Waals surface area contributed by atoms with Gasteiger partial charge in [0.25, 0.3) is 0 Å². The van der Waals surface area contributed by atoms with Crippen LogP contribution in [-0.4, -0.2) is 88.5 Å². The molecule has 0 bridgehead atoms. The lowest BCUT2D eigenvalue weighted by Crippen LogP contribution is -2.43. The van der Waals surface area contributed by atoms with Crippen LogP contribution < -0.4 is 4.90 Å². The Morgan fingerprint density at radius 3 is 2.06 bits per heavy atom. The second kappa shape index (κ2) is 16.2. The average molecular weight is 687 g/mol. The predicted molar refractivity (Wildman–Crippen MR) is 186 cm³/mol. The standard InChI is InChI=1S/C37H55FN4O7/c1-25-19-29(39-31(20-25)42(34(45)49-37(9,10)11)22-27-15-13-12-14-16-27)21-28-23-40(32(43)47-35(3,4)5)24-30(28)46-18-17-41(26(2)38)33(44)48-36(6,7)8/h12-16,19-20,26,28,30H,17-18,21-24H2,1-11H3/t26?,28-,30+/m1/s1. The van der Waals surface area contributed by atoms with Gasteiger partial charge in [-0.15, -0.1) is 0 Å². The summed E-state index contributed by atoms with van der Waals surface area (Å²) in [5.41, 5.74) is 0.332. The maximum atomic E-state index is 14.5. The highest BCUT2D eigenvalue weighted by atomic mass is 19.1. The molecule has 0 radical (unpaired) electrons. The monoisotopic (exact) mass is 686 g/mol. The van der Waals surface area contributed by atoms with Crippen molar-refractivity contribution in [1.29, 1.82) is 0 Å². The van der Waals surface area contributed by atoms with Crippen LogP contribution in [0.4, 0.5) is 24.6 Å². The number of hydrogen-bond donors (Lipinski definition) is 0. The summed E-state index contributed by atoms with van der Waals surface area (Å²) in [5, 5.41) is 0. The van der Waals surface area contributed by atoms with Crippen molar-refractivity contribution in [3.8, 4) is 0 Å². The van der Waals surface area contributed by atoms with Crippen molar-refractivity contribution in [2.24, 2.45) is 5.92 Å². The van der Waals surface area contributed by atoms with Gasteiger partial charge >= 0.3 is 18.3 Å². The zero-order valence-corrected chi connectivity index (χ0v) is 31.0. The molecule has 1 saturated heterocycles. The molecule has 0 saturated carbocycles. The van der Waals surface area contributed by atoms with Crippen molar-refractivity contribution in [2.75, 3.05) is 31.1 Å². The highest BCUT2D eigenvalue weighted by molar-refractivity contribution is 5.86. The van der Waals surface area contributed by atoms with Gasteiger partial charge in [0.2, 0.25) is 0 Å². The van der Waals surface area contributed by atoms with Gasteiger partial charge in [0.05, 0.1) is 32.3 Å². The number of rotatable bonds is 10. The third-order valence-corrected chi connectivity index (χ3v) is 7.31. The van der Waals surface area contributed by atoms with Gasteiger partial charge in [0.15, 0.2) is 6.30 Å². The number of halogens is 1. The van der Waals surface area contributed by atoms with Gasteiger partial charge in [-0.1, -0.05) is 30.3 Å². The zero-order valence-electron chi connectivity index (χ0n) is 31.0. The number of benzene rings is 1. The molecule has 0 spiro atoms. The normalized spacial score (nSPS) is 17.3. The van der Waals surface area contributed by atoms with Crippen LogP contribution in [0, 0.1) is 12.8 Å². The number of aryl methyl sites for hydroxylation is 1. The van der Waals surface area contributed by atoms with Crippen LogP contribution in [0.1, 0.15) is 86.1 Å². The fourth-order valence-electron chi connectivity index (χ4n) is 5.29. The number of alkyl halides is 1. The van der Waals surface area contributed by atoms with E-state index in [1.165, 1.54) is 11.8 Å². The first-order valence-corrected chi connectivity index (χ1v) is 16.9. The first kappa shape index (κ1) is 39.5. The fraction of sp³-hybridized carbons (Fsp3) is 0.622. The molecule has 1 aliphatic rings. The first-order valence-electron chi connectivity index (χ1n) is 16.9. The predicted octanol–water partition coefficient (Wildman–Crippen LogP) is 7.68. The summed E-state index contributed by atoms with van der Waals surface area (Å²) < 4.78 is 37.5. The molecular formula is C37H55FN4O7. The lowest BCUT2D eigenvalue weighted by atomic mass is 9.98. The van der Waals surface area contributed by atoms with Crippen LogP contribution in [0.5, 0.6) is 0 Å². The molecule has 1 fully saturated rings. The maximum absolute atomic E-state index is 14.5. The Bertz CT molecular complexity index is 1420. The number of anilines is 1. The minimum absolute atomic E-state index is 0.0207. The molecule has 272 valence electrons. The van der Waals surface area contributed by atoms with Crippen molar-refractivity contribution >= 4 is 24.1 Å². The van der Waals surface area contributed by atoms with Gasteiger partial charge in [-0.3, -0.25) is 9.80 Å². The molecule has 0 N–H and O–H groups in total. The van der Waals surface area contributed by atoms with Gasteiger partial charge in [0.1, 0.15) is 22.6 Å². The number of nitrogens with zero attached hydrogens (tertiary/aromatic N) is 4. The molecule has 2 aromatic rings. The van der Waals surface area contributed by atoms with E-state index in [2.05, 4.69) is 0 Å². The van der Waals surface area contributed by atoms with Gasteiger partial charge in [-0.25, -0.2) is 23.8 Å². The number of likely N-dealkylation sites (tertiary alicyclic amines) is 1. The first-order chi connectivity index (χ1) is 22.6. The lowest BCUT2D eigenvalue weighted by molar-refractivity contribution is -0.0224. The second-order valence-corrected chi connectivity index (χ2v) is 15.6. The van der Waals surface area contributed by atoms with Crippen molar-refractivity contribution < 1.29 is 37.7 Å². The summed E-state index contributed by atoms with van der Waals surface area (Å²) in [6.07, 6.45) is -3.38. The Balaban J connectivity index is 1.87. The molecule has 3 amide bonds. The molecule has 49 heavy (non-hydrogen) atoms. The number of carbonyl (C=O) groups is 3. The third kappa shape index (κ3) is 13.1. The van der Waals surface area contributed by atoms with Crippen LogP contribution in [-0.2, 0) is 31.9 Å². The Hall–Kier alpha value is -3.93. The molecule has 12 heteroatoms. The number of aromatic nitrogens is 1. The van der Waals surface area contributed by atoms with Crippen LogP contribution >= 0.6 is 0 Å². The van der Waals surface area contributed by atoms with Crippen molar-refractivity contribution in [1.82, 2.24) is 14.8 Å². The van der Waals surface area contributed by atoms with Crippen LogP contribution in [0.2, 0.25) is 0 Å². The molecule has 1 aliphatic heterocycles. The van der Waals surface area contributed by atoms with Gasteiger partial charge in [-0.2, -0.15) is 0 Å². The Kier molecular flexibility index (Phi) is 13.0. The molecule has 1 unspecified atom stereocenters. The summed E-state index contributed by atoms with van der Waals surface area (Å²) in [6.45, 7) is 20.0. The SMILES string of the molecule is Cc1cc(C[C@@H]2CN(C(=O)OC(C)(C)C)C[C@@H]2OCCN(C(=O)OC(C)(C)C)C(C)F)nc(N(Cc2ccccc2)C(=O)OC(C)(C)C)c1. The zero-order chi connectivity index (χ0) is 36.7. The van der Waals surface area contributed by atoms with Crippen molar-refractivity contribution in [2.45, 2.75) is 118 Å². The van der Waals surface area contributed by atoms with Crippen LogP contribution in [0.25, 0.3) is 0 Å². The Morgan fingerprint density at radius 1 is 0.898 bits per heavy atom. The van der Waals surface area contributed by atoms with Crippen molar-refractivity contribution in [3.63, 3.8) is 0 Å². The number of carbonyl (C=O) groups excluding carboxylic acids is 3. The summed E-state index contributed by atoms with van der Waals surface area (Å²) in [5.74, 6) is 0.231. The van der Waals surface area contributed by atoms with Gasteiger partial charge in [0, 0.05) is 18.2 Å². The largest absolute Gasteiger partial charge is 0.444 e. The highest BCUT2D eigenvalue weighted by Gasteiger charge is 2.39. The van der Waals surface area contributed by atoms with Crippen molar-refractivity contribution in [3.05, 3.63) is 59.3 Å². The summed E-state index contributed by atoms with van der Waals surface area (Å²) >= 11 is 0. The molecule has 11 nitrogen and oxygen atoms in total. The van der Waals surface area contributed by atoms with E-state index in [1.54, 1.807) is 46.4 Å². The van der Waals surface area contributed by atoms with E-state index < -0.39 is 47.5 Å². The van der Waals surface area contributed by atoms with E-state index in [9.17, 15) is 18.8 Å². The molecule has 0 aliphatic carbocycles. The number of ether oxygens (including phenoxy) is 4. The van der Waals surface area contributed by atoms with E-state index in [1.807, 2.05) is 70.2 Å².